The molecule has 1 aromatic heterocycles. The van der Waals surface area contributed by atoms with E-state index in [1.165, 1.54) is 0 Å². The van der Waals surface area contributed by atoms with E-state index in [1.807, 2.05) is 45.0 Å². The van der Waals surface area contributed by atoms with Gasteiger partial charge in [-0.25, -0.2) is 4.98 Å². The van der Waals surface area contributed by atoms with Crippen LogP contribution in [0.3, 0.4) is 0 Å². The van der Waals surface area contributed by atoms with Gasteiger partial charge in [0.25, 0.3) is 0 Å². The summed E-state index contributed by atoms with van der Waals surface area (Å²) >= 11 is 1.58. The van der Waals surface area contributed by atoms with E-state index in [1.54, 1.807) is 11.3 Å². The smallest absolute Gasteiger partial charge is 0.233 e. The van der Waals surface area contributed by atoms with Crippen LogP contribution in [0.5, 0.6) is 0 Å². The number of thiazole rings is 1. The lowest BCUT2D eigenvalue weighted by atomic mass is 10.2. The summed E-state index contributed by atoms with van der Waals surface area (Å²) < 4.78 is 0. The first-order valence-electron chi connectivity index (χ1n) is 7.56. The van der Waals surface area contributed by atoms with Gasteiger partial charge in [-0.3, -0.25) is 9.59 Å². The van der Waals surface area contributed by atoms with Crippen molar-refractivity contribution in [1.29, 1.82) is 0 Å². The summed E-state index contributed by atoms with van der Waals surface area (Å²) in [5.41, 5.74) is 2.82. The van der Waals surface area contributed by atoms with E-state index in [-0.39, 0.29) is 18.2 Å². The standard InChI is InChI=1S/C17H21N3O2S/c1-4-14-15(23-12(3)19-14)10-18-16(21)9-17(22)20-13-7-5-11(2)6-8-13/h5-8H,4,9-10H2,1-3H3,(H,18,21)(H,20,22). The van der Waals surface area contributed by atoms with E-state index >= 15 is 0 Å². The third-order valence-electron chi connectivity index (χ3n) is 3.32. The number of carbonyl (C=O) groups is 2. The predicted octanol–water partition coefficient (Wildman–Crippen LogP) is 2.97. The van der Waals surface area contributed by atoms with E-state index < -0.39 is 0 Å². The van der Waals surface area contributed by atoms with Crippen molar-refractivity contribution < 1.29 is 9.59 Å². The van der Waals surface area contributed by atoms with Gasteiger partial charge in [0, 0.05) is 10.6 Å². The summed E-state index contributed by atoms with van der Waals surface area (Å²) in [5.74, 6) is -0.606. The van der Waals surface area contributed by atoms with Crippen LogP contribution < -0.4 is 10.6 Å². The normalized spacial score (nSPS) is 10.4. The van der Waals surface area contributed by atoms with Crippen LogP contribution in [0.2, 0.25) is 0 Å². The number of hydrogen-bond acceptors (Lipinski definition) is 4. The molecule has 0 bridgehead atoms. The Hall–Kier alpha value is -2.21. The minimum Gasteiger partial charge on any atom is -0.351 e. The molecule has 0 atom stereocenters. The fourth-order valence-electron chi connectivity index (χ4n) is 2.16. The number of carbonyl (C=O) groups excluding carboxylic acids is 2. The van der Waals surface area contributed by atoms with Crippen molar-refractivity contribution in [2.45, 2.75) is 40.2 Å². The fraction of sp³-hybridized carbons (Fsp3) is 0.353. The molecule has 0 unspecified atom stereocenters. The van der Waals surface area contributed by atoms with Crippen molar-refractivity contribution in [2.24, 2.45) is 0 Å². The lowest BCUT2D eigenvalue weighted by molar-refractivity contribution is -0.126. The highest BCUT2D eigenvalue weighted by molar-refractivity contribution is 7.11. The fourth-order valence-corrected chi connectivity index (χ4v) is 3.12. The highest BCUT2D eigenvalue weighted by atomic mass is 32.1. The van der Waals surface area contributed by atoms with Gasteiger partial charge in [0.1, 0.15) is 6.42 Å². The summed E-state index contributed by atoms with van der Waals surface area (Å²) in [7, 11) is 0. The lowest BCUT2D eigenvalue weighted by Gasteiger charge is -2.07. The Morgan fingerprint density at radius 1 is 1.13 bits per heavy atom. The molecule has 0 saturated carbocycles. The Labute approximate surface area is 140 Å². The molecule has 23 heavy (non-hydrogen) atoms. The number of hydrogen-bond donors (Lipinski definition) is 2. The molecule has 0 aliphatic rings. The Bertz CT molecular complexity index is 692. The van der Waals surface area contributed by atoms with Gasteiger partial charge in [0.15, 0.2) is 0 Å². The first-order chi connectivity index (χ1) is 11.0. The lowest BCUT2D eigenvalue weighted by Crippen LogP contribution is -2.27. The van der Waals surface area contributed by atoms with Gasteiger partial charge < -0.3 is 10.6 Å². The maximum absolute atomic E-state index is 11.9. The molecule has 0 radical (unpaired) electrons. The first-order valence-corrected chi connectivity index (χ1v) is 8.38. The van der Waals surface area contributed by atoms with Gasteiger partial charge in [-0.15, -0.1) is 11.3 Å². The highest BCUT2D eigenvalue weighted by Crippen LogP contribution is 2.18. The van der Waals surface area contributed by atoms with Crippen molar-refractivity contribution in [3.8, 4) is 0 Å². The third kappa shape index (κ3) is 5.17. The molecule has 2 N–H and O–H groups in total. The molecule has 1 aromatic carbocycles. The molecule has 0 aliphatic carbocycles. The summed E-state index contributed by atoms with van der Waals surface area (Å²) in [5, 5.41) is 6.49. The van der Waals surface area contributed by atoms with Crippen LogP contribution in [0, 0.1) is 13.8 Å². The van der Waals surface area contributed by atoms with Crippen molar-refractivity contribution in [3.05, 3.63) is 45.4 Å². The van der Waals surface area contributed by atoms with E-state index in [0.29, 0.717) is 12.2 Å². The van der Waals surface area contributed by atoms with Crippen LogP contribution in [-0.2, 0) is 22.6 Å². The molecule has 6 heteroatoms. The molecule has 1 heterocycles. The van der Waals surface area contributed by atoms with E-state index in [0.717, 1.165) is 27.6 Å². The minimum atomic E-state index is -0.317. The van der Waals surface area contributed by atoms with Gasteiger partial charge in [0.05, 0.1) is 17.2 Å². The Balaban J connectivity index is 1.82. The number of rotatable bonds is 6. The maximum atomic E-state index is 11.9. The Morgan fingerprint density at radius 2 is 1.83 bits per heavy atom. The summed E-state index contributed by atoms with van der Waals surface area (Å²) in [6, 6.07) is 7.46. The second-order valence-corrected chi connectivity index (χ2v) is 6.61. The Morgan fingerprint density at radius 3 is 2.48 bits per heavy atom. The molecule has 0 fully saturated rings. The molecule has 0 saturated heterocycles. The average molecular weight is 331 g/mol. The molecular formula is C17H21N3O2S. The maximum Gasteiger partial charge on any atom is 0.233 e. The van der Waals surface area contributed by atoms with Gasteiger partial charge >= 0.3 is 0 Å². The van der Waals surface area contributed by atoms with E-state index in [2.05, 4.69) is 15.6 Å². The molecular weight excluding hydrogens is 310 g/mol. The average Bonchev–Trinajstić information content (AvgIpc) is 2.87. The van der Waals surface area contributed by atoms with E-state index in [9.17, 15) is 9.59 Å². The quantitative estimate of drug-likeness (QED) is 0.800. The Kier molecular flexibility index (Phi) is 5.87. The monoisotopic (exact) mass is 331 g/mol. The van der Waals surface area contributed by atoms with E-state index in [4.69, 9.17) is 0 Å². The molecule has 5 nitrogen and oxygen atoms in total. The summed E-state index contributed by atoms with van der Waals surface area (Å²) in [4.78, 5) is 29.2. The molecule has 0 aliphatic heterocycles. The largest absolute Gasteiger partial charge is 0.351 e. The van der Waals surface area contributed by atoms with Crippen LogP contribution in [-0.4, -0.2) is 16.8 Å². The van der Waals surface area contributed by atoms with Gasteiger partial charge in [0.2, 0.25) is 11.8 Å². The first kappa shape index (κ1) is 17.1. The zero-order valence-electron chi connectivity index (χ0n) is 13.6. The highest BCUT2D eigenvalue weighted by Gasteiger charge is 2.12. The zero-order valence-corrected chi connectivity index (χ0v) is 14.4. The van der Waals surface area contributed by atoms with Crippen LogP contribution >= 0.6 is 11.3 Å². The third-order valence-corrected chi connectivity index (χ3v) is 4.34. The second-order valence-electron chi connectivity index (χ2n) is 5.32. The molecule has 2 amide bonds. The number of aromatic nitrogens is 1. The minimum absolute atomic E-state index is 0.187. The summed E-state index contributed by atoms with van der Waals surface area (Å²) in [6.45, 7) is 6.38. The SMILES string of the molecule is CCc1nc(C)sc1CNC(=O)CC(=O)Nc1ccc(C)cc1. The predicted molar refractivity (Wildman–Crippen MR) is 92.5 cm³/mol. The van der Waals surface area contributed by atoms with Crippen LogP contribution in [0.15, 0.2) is 24.3 Å². The van der Waals surface area contributed by atoms with Crippen molar-refractivity contribution >= 4 is 28.8 Å². The number of amides is 2. The van der Waals surface area contributed by atoms with Crippen LogP contribution in [0.1, 0.15) is 34.5 Å². The molecule has 2 rings (SSSR count). The van der Waals surface area contributed by atoms with Crippen molar-refractivity contribution in [2.75, 3.05) is 5.32 Å². The van der Waals surface area contributed by atoms with Gasteiger partial charge in [-0.05, 0) is 32.4 Å². The number of nitrogens with one attached hydrogen (secondary N) is 2. The summed E-state index contributed by atoms with van der Waals surface area (Å²) in [6.07, 6.45) is 0.649. The van der Waals surface area contributed by atoms with Crippen LogP contribution in [0.25, 0.3) is 0 Å². The van der Waals surface area contributed by atoms with Crippen molar-refractivity contribution in [1.82, 2.24) is 10.3 Å². The van der Waals surface area contributed by atoms with Gasteiger partial charge in [-0.1, -0.05) is 24.6 Å². The van der Waals surface area contributed by atoms with Crippen LogP contribution in [0.4, 0.5) is 5.69 Å². The number of benzene rings is 1. The van der Waals surface area contributed by atoms with Crippen molar-refractivity contribution in [3.63, 3.8) is 0 Å². The molecule has 122 valence electrons. The topological polar surface area (TPSA) is 71.1 Å². The second kappa shape index (κ2) is 7.87. The molecule has 2 aromatic rings. The number of nitrogens with zero attached hydrogens (tertiary/aromatic N) is 1. The van der Waals surface area contributed by atoms with Gasteiger partial charge in [-0.2, -0.15) is 0 Å². The zero-order chi connectivity index (χ0) is 16.8. The number of aryl methyl sites for hydroxylation is 3. The number of anilines is 1. The molecule has 0 spiro atoms.